The number of hydrogen-bond donors (Lipinski definition) is 3. The summed E-state index contributed by atoms with van der Waals surface area (Å²) < 4.78 is -2.13. The van der Waals surface area contributed by atoms with Crippen LogP contribution in [0.25, 0.3) is 0 Å². The van der Waals surface area contributed by atoms with Gasteiger partial charge in [-0.2, -0.15) is 0 Å². The van der Waals surface area contributed by atoms with Gasteiger partial charge in [0.05, 0.1) is 0 Å². The monoisotopic (exact) mass is 190 g/mol. The molecule has 10 heavy (non-hydrogen) atoms. The van der Waals surface area contributed by atoms with E-state index in [1.807, 2.05) is 0 Å². The van der Waals surface area contributed by atoms with Gasteiger partial charge in [-0.05, 0) is 0 Å². The van der Waals surface area contributed by atoms with E-state index in [4.69, 9.17) is 38.5 Å². The Morgan fingerprint density at radius 2 is 1.80 bits per heavy atom. The Kier molecular flexibility index (Phi) is 7.24. The zero-order valence-electron chi connectivity index (χ0n) is 5.21. The Morgan fingerprint density at radius 1 is 1.50 bits per heavy atom. The maximum Gasteiger partial charge on any atom is 0.308 e. The quantitative estimate of drug-likeness (QED) is 0.544. The van der Waals surface area contributed by atoms with Gasteiger partial charge in [0, 0.05) is 7.11 Å². The summed E-state index contributed by atoms with van der Waals surface area (Å²) in [6, 6.07) is 0. The molecular weight excluding hydrogens is 183 g/mol. The van der Waals surface area contributed by atoms with Gasteiger partial charge in [0.2, 0.25) is 4.52 Å². The first kappa shape index (κ1) is 12.6. The van der Waals surface area contributed by atoms with E-state index in [2.05, 4.69) is 0 Å². The number of halogens is 2. The summed E-state index contributed by atoms with van der Waals surface area (Å²) in [5, 5.41) is 23.3. The van der Waals surface area contributed by atoms with Gasteiger partial charge in [-0.25, -0.2) is 0 Å². The largest absolute Gasteiger partial charge is 0.481 e. The molecule has 0 aromatic heterocycles. The first-order chi connectivity index (χ1) is 4.42. The zero-order chi connectivity index (χ0) is 8.78. The number of aliphatic hydroxyl groups is 2. The van der Waals surface area contributed by atoms with Crippen LogP contribution < -0.4 is 0 Å². The van der Waals surface area contributed by atoms with Crippen LogP contribution in [0.3, 0.4) is 0 Å². The van der Waals surface area contributed by atoms with Crippen LogP contribution >= 0.6 is 23.2 Å². The number of carboxylic acids is 1. The van der Waals surface area contributed by atoms with Gasteiger partial charge in [0.1, 0.15) is 6.42 Å². The van der Waals surface area contributed by atoms with Crippen molar-refractivity contribution in [2.75, 3.05) is 7.11 Å². The Bertz CT molecular complexity index is 97.9. The van der Waals surface area contributed by atoms with E-state index in [1.54, 1.807) is 0 Å². The lowest BCUT2D eigenvalue weighted by atomic mass is 10.5. The zero-order valence-corrected chi connectivity index (χ0v) is 6.72. The number of hydrogen-bond acceptors (Lipinski definition) is 3. The van der Waals surface area contributed by atoms with Crippen molar-refractivity contribution in [3.63, 3.8) is 0 Å². The van der Waals surface area contributed by atoms with E-state index in [0.29, 0.717) is 0 Å². The second-order valence-electron chi connectivity index (χ2n) is 1.24. The number of aliphatic hydroxyl groups excluding tert-OH is 1. The molecule has 4 nitrogen and oxygen atoms in total. The van der Waals surface area contributed by atoms with Crippen LogP contribution in [0.15, 0.2) is 0 Å². The first-order valence-corrected chi connectivity index (χ1v) is 2.94. The third-order valence-corrected chi connectivity index (χ3v) is 0.631. The van der Waals surface area contributed by atoms with Gasteiger partial charge in [0.25, 0.3) is 0 Å². The van der Waals surface area contributed by atoms with Crippen LogP contribution in [0.1, 0.15) is 6.42 Å². The topological polar surface area (TPSA) is 77.8 Å². The summed E-state index contributed by atoms with van der Waals surface area (Å²) in [4.78, 5) is 9.69. The molecule has 0 atom stereocenters. The number of rotatable bonds is 2. The maximum atomic E-state index is 9.69. The molecule has 0 aliphatic carbocycles. The molecule has 0 amide bonds. The van der Waals surface area contributed by atoms with Crippen molar-refractivity contribution in [3.05, 3.63) is 0 Å². The summed E-state index contributed by atoms with van der Waals surface area (Å²) in [6.07, 6.45) is -0.671. The lowest BCUT2D eigenvalue weighted by molar-refractivity contribution is -0.138. The Morgan fingerprint density at radius 3 is 1.80 bits per heavy atom. The van der Waals surface area contributed by atoms with Crippen molar-refractivity contribution >= 4 is 29.2 Å². The van der Waals surface area contributed by atoms with Crippen LogP contribution in [-0.2, 0) is 4.79 Å². The molecule has 0 unspecified atom stereocenters. The van der Waals surface area contributed by atoms with Gasteiger partial charge in [-0.3, -0.25) is 4.79 Å². The minimum atomic E-state index is -2.13. The van der Waals surface area contributed by atoms with Crippen LogP contribution in [0.5, 0.6) is 0 Å². The highest BCUT2D eigenvalue weighted by atomic mass is 35.5. The molecule has 0 saturated carbocycles. The van der Waals surface area contributed by atoms with Crippen LogP contribution in [0, 0.1) is 0 Å². The Balaban J connectivity index is 0. The third kappa shape index (κ3) is 15.7. The number of carbonyl (C=O) groups is 1. The molecule has 0 fully saturated rings. The summed E-state index contributed by atoms with van der Waals surface area (Å²) in [5.41, 5.74) is 0. The molecule has 0 rings (SSSR count). The Hall–Kier alpha value is -0.0300. The van der Waals surface area contributed by atoms with E-state index in [0.717, 1.165) is 7.11 Å². The van der Waals surface area contributed by atoms with E-state index in [9.17, 15) is 4.79 Å². The van der Waals surface area contributed by atoms with Crippen molar-refractivity contribution in [1.82, 2.24) is 0 Å². The summed E-state index contributed by atoms with van der Waals surface area (Å²) in [7, 11) is 1.00. The normalized spacial score (nSPS) is 9.70. The average molecular weight is 191 g/mol. The second-order valence-corrected chi connectivity index (χ2v) is 2.68. The fraction of sp³-hybridized carbons (Fsp3) is 0.750. The van der Waals surface area contributed by atoms with Gasteiger partial charge in [-0.15, -0.1) is 0 Å². The highest BCUT2D eigenvalue weighted by molar-refractivity contribution is 6.47. The summed E-state index contributed by atoms with van der Waals surface area (Å²) in [6.45, 7) is 0. The lowest BCUT2D eigenvalue weighted by Crippen LogP contribution is -2.16. The number of aliphatic carboxylic acids is 1. The minimum absolute atomic E-state index is 0.671. The predicted octanol–water partition coefficient (Wildman–Crippen LogP) is 0.193. The lowest BCUT2D eigenvalue weighted by Gasteiger charge is -2.05. The number of carboxylic acid groups (broad SMARTS) is 1. The fourth-order valence-corrected chi connectivity index (χ4v) is 0.411. The second kappa shape index (κ2) is 5.73. The van der Waals surface area contributed by atoms with Gasteiger partial charge < -0.3 is 15.3 Å². The molecule has 0 bridgehead atoms. The van der Waals surface area contributed by atoms with Crippen LogP contribution in [0.2, 0.25) is 0 Å². The van der Waals surface area contributed by atoms with Gasteiger partial charge >= 0.3 is 5.97 Å². The summed E-state index contributed by atoms with van der Waals surface area (Å²) >= 11 is 9.74. The molecular formula is C4H8Cl2O4. The standard InChI is InChI=1S/C3H4Cl2O3.CH4O/c4-3(5,8)1-2(6)7;1-2/h8H,1H2,(H,6,7);2H,1H3. The van der Waals surface area contributed by atoms with Crippen molar-refractivity contribution in [1.29, 1.82) is 0 Å². The smallest absolute Gasteiger partial charge is 0.308 e. The molecule has 0 heterocycles. The highest BCUT2D eigenvalue weighted by Crippen LogP contribution is 2.19. The SMILES string of the molecule is CO.O=C(O)CC(O)(Cl)Cl. The average Bonchev–Trinajstić information content (AvgIpc) is 1.64. The maximum absolute atomic E-state index is 9.69. The molecule has 0 radical (unpaired) electrons. The van der Waals surface area contributed by atoms with Crippen molar-refractivity contribution in [2.24, 2.45) is 0 Å². The van der Waals surface area contributed by atoms with E-state index in [-0.39, 0.29) is 0 Å². The van der Waals surface area contributed by atoms with E-state index >= 15 is 0 Å². The molecule has 0 saturated heterocycles. The van der Waals surface area contributed by atoms with Crippen LogP contribution in [-0.4, -0.2) is 32.9 Å². The van der Waals surface area contributed by atoms with E-state index < -0.39 is 16.9 Å². The van der Waals surface area contributed by atoms with Crippen molar-refractivity contribution < 1.29 is 20.1 Å². The molecule has 6 heteroatoms. The predicted molar refractivity (Wildman–Crippen MR) is 37.1 cm³/mol. The molecule has 0 aromatic rings. The van der Waals surface area contributed by atoms with Crippen molar-refractivity contribution in [3.8, 4) is 0 Å². The first-order valence-electron chi connectivity index (χ1n) is 2.18. The Labute approximate surface area is 68.0 Å². The molecule has 0 aromatic carbocycles. The summed E-state index contributed by atoms with van der Waals surface area (Å²) in [5.74, 6) is -1.24. The van der Waals surface area contributed by atoms with Crippen molar-refractivity contribution in [2.45, 2.75) is 10.9 Å². The third-order valence-electron chi connectivity index (χ3n) is 0.364. The van der Waals surface area contributed by atoms with Gasteiger partial charge in [0.15, 0.2) is 0 Å². The van der Waals surface area contributed by atoms with Crippen LogP contribution in [0.4, 0.5) is 0 Å². The minimum Gasteiger partial charge on any atom is -0.481 e. The van der Waals surface area contributed by atoms with E-state index in [1.165, 1.54) is 0 Å². The molecule has 62 valence electrons. The molecule has 0 spiro atoms. The molecule has 0 aliphatic heterocycles. The molecule has 0 aliphatic rings. The fourth-order valence-electron chi connectivity index (χ4n) is 0.182. The number of alkyl halides is 2. The van der Waals surface area contributed by atoms with Gasteiger partial charge in [-0.1, -0.05) is 23.2 Å². The molecule has 3 N–H and O–H groups in total. The highest BCUT2D eigenvalue weighted by Gasteiger charge is 2.22.